The van der Waals surface area contributed by atoms with Crippen LogP contribution < -0.4 is 4.90 Å². The molecular formula is C24H28N2O2. The third-order valence-corrected chi connectivity index (χ3v) is 5.25. The van der Waals surface area contributed by atoms with Gasteiger partial charge in [0.15, 0.2) is 0 Å². The van der Waals surface area contributed by atoms with Crippen LogP contribution in [0.3, 0.4) is 0 Å². The van der Waals surface area contributed by atoms with E-state index in [4.69, 9.17) is 5.11 Å². The molecule has 1 aliphatic rings. The summed E-state index contributed by atoms with van der Waals surface area (Å²) >= 11 is 0. The summed E-state index contributed by atoms with van der Waals surface area (Å²) < 4.78 is 0. The van der Waals surface area contributed by atoms with E-state index in [-0.39, 0.29) is 11.1 Å². The number of hydrogen-bond donors (Lipinski definition) is 1. The first-order chi connectivity index (χ1) is 13.2. The van der Waals surface area contributed by atoms with E-state index in [0.717, 1.165) is 29.8 Å². The molecule has 2 aromatic carbocycles. The fourth-order valence-electron chi connectivity index (χ4n) is 3.89. The van der Waals surface area contributed by atoms with Gasteiger partial charge in [0.25, 0.3) is 0 Å². The minimum Gasteiger partial charge on any atom is -0.478 e. The van der Waals surface area contributed by atoms with Crippen LogP contribution in [0.4, 0.5) is 11.4 Å². The quantitative estimate of drug-likeness (QED) is 0.665. The molecule has 1 heterocycles. The van der Waals surface area contributed by atoms with E-state index in [1.165, 1.54) is 16.8 Å². The largest absolute Gasteiger partial charge is 0.478 e. The van der Waals surface area contributed by atoms with Gasteiger partial charge in [-0.05, 0) is 81.1 Å². The van der Waals surface area contributed by atoms with E-state index in [1.807, 2.05) is 13.1 Å². The van der Waals surface area contributed by atoms with Crippen molar-refractivity contribution in [1.82, 2.24) is 0 Å². The van der Waals surface area contributed by atoms with Gasteiger partial charge >= 0.3 is 5.97 Å². The number of carboxylic acids is 1. The molecule has 1 N–H and O–H groups in total. The predicted molar refractivity (Wildman–Crippen MR) is 117 cm³/mol. The zero-order chi connectivity index (χ0) is 20.5. The summed E-state index contributed by atoms with van der Waals surface area (Å²) in [5.41, 5.74) is 6.75. The molecule has 0 atom stereocenters. The van der Waals surface area contributed by atoms with Crippen LogP contribution >= 0.6 is 0 Å². The molecule has 1 aliphatic heterocycles. The van der Waals surface area contributed by atoms with Crippen molar-refractivity contribution in [3.8, 4) is 0 Å². The number of benzene rings is 2. The minimum atomic E-state index is -0.921. The van der Waals surface area contributed by atoms with Crippen molar-refractivity contribution >= 4 is 29.1 Å². The maximum absolute atomic E-state index is 11.1. The Morgan fingerprint density at radius 2 is 1.93 bits per heavy atom. The lowest BCUT2D eigenvalue weighted by Crippen LogP contribution is -2.45. The Morgan fingerprint density at radius 3 is 2.57 bits per heavy atom. The Morgan fingerprint density at radius 1 is 1.18 bits per heavy atom. The van der Waals surface area contributed by atoms with Gasteiger partial charge in [0.1, 0.15) is 0 Å². The topological polar surface area (TPSA) is 52.9 Å². The van der Waals surface area contributed by atoms with Gasteiger partial charge in [0, 0.05) is 24.0 Å². The normalized spacial score (nSPS) is 15.5. The third kappa shape index (κ3) is 3.86. The number of hydrogen-bond acceptors (Lipinski definition) is 3. The fourth-order valence-corrected chi connectivity index (χ4v) is 3.89. The highest BCUT2D eigenvalue weighted by Gasteiger charge is 2.30. The van der Waals surface area contributed by atoms with E-state index < -0.39 is 5.97 Å². The van der Waals surface area contributed by atoms with Gasteiger partial charge < -0.3 is 10.0 Å². The number of anilines is 1. The summed E-state index contributed by atoms with van der Waals surface area (Å²) in [6.45, 7) is 11.8. The lowest BCUT2D eigenvalue weighted by Gasteiger charge is -2.43. The maximum atomic E-state index is 11.1. The number of fused-ring (bicyclic) bond motifs is 1. The number of aryl methyl sites for hydroxylation is 1. The van der Waals surface area contributed by atoms with Crippen LogP contribution in [0.2, 0.25) is 0 Å². The molecule has 3 rings (SSSR count). The number of rotatable bonds is 5. The van der Waals surface area contributed by atoms with Crippen molar-refractivity contribution in [3.63, 3.8) is 0 Å². The number of carboxylic acid groups (broad SMARTS) is 1. The maximum Gasteiger partial charge on any atom is 0.335 e. The van der Waals surface area contributed by atoms with Gasteiger partial charge in [-0.2, -0.15) is 0 Å². The molecule has 0 saturated heterocycles. The molecule has 0 unspecified atom stereocenters. The smallest absolute Gasteiger partial charge is 0.335 e. The molecule has 0 aromatic heterocycles. The Hall–Kier alpha value is -2.88. The summed E-state index contributed by atoms with van der Waals surface area (Å²) in [7, 11) is 0. The zero-order valence-corrected chi connectivity index (χ0v) is 17.3. The van der Waals surface area contributed by atoms with E-state index in [0.29, 0.717) is 0 Å². The van der Waals surface area contributed by atoms with Crippen LogP contribution in [-0.4, -0.2) is 29.4 Å². The molecule has 0 radical (unpaired) electrons. The highest BCUT2D eigenvalue weighted by molar-refractivity contribution is 5.90. The molecule has 28 heavy (non-hydrogen) atoms. The highest BCUT2D eigenvalue weighted by atomic mass is 16.4. The molecule has 0 spiro atoms. The average Bonchev–Trinajstić information content (AvgIpc) is 2.63. The van der Waals surface area contributed by atoms with Crippen molar-refractivity contribution < 1.29 is 9.90 Å². The molecule has 4 heteroatoms. The van der Waals surface area contributed by atoms with Crippen LogP contribution in [0.1, 0.15) is 61.2 Å². The lowest BCUT2D eigenvalue weighted by atomic mass is 9.88. The Kier molecular flexibility index (Phi) is 5.41. The summed E-state index contributed by atoms with van der Waals surface area (Å²) in [4.78, 5) is 18.1. The van der Waals surface area contributed by atoms with Gasteiger partial charge in [0.2, 0.25) is 0 Å². The first-order valence-corrected chi connectivity index (χ1v) is 9.72. The van der Waals surface area contributed by atoms with Crippen molar-refractivity contribution in [3.05, 3.63) is 64.7 Å². The van der Waals surface area contributed by atoms with E-state index in [1.54, 1.807) is 18.2 Å². The molecule has 0 amide bonds. The molecule has 0 fully saturated rings. The van der Waals surface area contributed by atoms with Gasteiger partial charge in [-0.15, -0.1) is 0 Å². The number of aliphatic imine (C=N–C) groups is 1. The second-order valence-electron chi connectivity index (χ2n) is 7.97. The molecule has 0 bridgehead atoms. The number of aromatic carboxylic acids is 1. The van der Waals surface area contributed by atoms with Crippen LogP contribution in [0.25, 0.3) is 5.57 Å². The SMILES string of the molecule is CCCN1c2ccc(C=Nc3ccc(C(=O)O)cc3C)cc2C(C)=CC1(C)C. The highest BCUT2D eigenvalue weighted by Crippen LogP contribution is 2.39. The van der Waals surface area contributed by atoms with Gasteiger partial charge in [0.05, 0.1) is 16.8 Å². The van der Waals surface area contributed by atoms with Crippen molar-refractivity contribution in [2.24, 2.45) is 4.99 Å². The monoisotopic (exact) mass is 376 g/mol. The summed E-state index contributed by atoms with van der Waals surface area (Å²) in [5.74, 6) is -0.921. The van der Waals surface area contributed by atoms with Crippen LogP contribution in [0, 0.1) is 6.92 Å². The zero-order valence-electron chi connectivity index (χ0n) is 17.3. The lowest BCUT2D eigenvalue weighted by molar-refractivity contribution is 0.0697. The van der Waals surface area contributed by atoms with Crippen LogP contribution in [-0.2, 0) is 0 Å². The number of carbonyl (C=O) groups is 1. The molecule has 4 nitrogen and oxygen atoms in total. The third-order valence-electron chi connectivity index (χ3n) is 5.25. The standard InChI is InChI=1S/C24H28N2O2/c1-6-11-26-22-10-7-18(13-20(22)17(3)14-24(26,4)5)15-25-21-9-8-19(23(27)28)12-16(21)2/h7-10,12-15H,6,11H2,1-5H3,(H,27,28). The summed E-state index contributed by atoms with van der Waals surface area (Å²) in [6.07, 6.45) is 5.28. The van der Waals surface area contributed by atoms with Gasteiger partial charge in [-0.25, -0.2) is 4.79 Å². The number of nitrogens with zero attached hydrogens (tertiary/aromatic N) is 2. The van der Waals surface area contributed by atoms with Crippen molar-refractivity contribution in [1.29, 1.82) is 0 Å². The summed E-state index contributed by atoms with van der Waals surface area (Å²) in [6, 6.07) is 11.5. The van der Waals surface area contributed by atoms with Crippen molar-refractivity contribution in [2.45, 2.75) is 46.6 Å². The van der Waals surface area contributed by atoms with Gasteiger partial charge in [-0.1, -0.05) is 19.1 Å². The Bertz CT molecular complexity index is 971. The van der Waals surface area contributed by atoms with E-state index >= 15 is 0 Å². The average molecular weight is 377 g/mol. The second kappa shape index (κ2) is 7.63. The van der Waals surface area contributed by atoms with Crippen molar-refractivity contribution in [2.75, 3.05) is 11.4 Å². The molecule has 0 saturated carbocycles. The minimum absolute atomic E-state index is 0.00565. The second-order valence-corrected chi connectivity index (χ2v) is 7.97. The Balaban J connectivity index is 1.93. The molecule has 0 aliphatic carbocycles. The van der Waals surface area contributed by atoms with E-state index in [9.17, 15) is 4.79 Å². The molecule has 146 valence electrons. The van der Waals surface area contributed by atoms with Crippen LogP contribution in [0.5, 0.6) is 0 Å². The Labute approximate surface area is 167 Å². The number of allylic oxidation sites excluding steroid dienone is 1. The van der Waals surface area contributed by atoms with Crippen LogP contribution in [0.15, 0.2) is 47.5 Å². The molecule has 2 aromatic rings. The first kappa shape index (κ1) is 19.9. The molecular weight excluding hydrogens is 348 g/mol. The van der Waals surface area contributed by atoms with Gasteiger partial charge in [-0.3, -0.25) is 4.99 Å². The van der Waals surface area contributed by atoms with E-state index in [2.05, 4.69) is 61.9 Å². The summed E-state index contributed by atoms with van der Waals surface area (Å²) in [5, 5.41) is 9.09. The fraction of sp³-hybridized carbons (Fsp3) is 0.333. The first-order valence-electron chi connectivity index (χ1n) is 9.72. The predicted octanol–water partition coefficient (Wildman–Crippen LogP) is 5.86.